The van der Waals surface area contributed by atoms with Crippen LogP contribution in [0.25, 0.3) is 16.9 Å². The van der Waals surface area contributed by atoms with Gasteiger partial charge in [-0.25, -0.2) is 13.5 Å². The number of halogens is 2. The molecular weight excluding hydrogens is 324 g/mol. The van der Waals surface area contributed by atoms with Gasteiger partial charge in [-0.05, 0) is 42.0 Å². The van der Waals surface area contributed by atoms with E-state index in [0.717, 1.165) is 30.4 Å². The number of nitrogens with one attached hydrogen (secondary N) is 1. The molecule has 1 aromatic heterocycles. The molecule has 1 saturated heterocycles. The summed E-state index contributed by atoms with van der Waals surface area (Å²) in [6, 6.07) is 13.5. The molecule has 1 aliphatic heterocycles. The van der Waals surface area contributed by atoms with Crippen LogP contribution in [0.2, 0.25) is 0 Å². The molecule has 0 spiro atoms. The molecule has 3 aromatic rings. The quantitative estimate of drug-likeness (QED) is 0.793. The third-order valence-electron chi connectivity index (χ3n) is 4.30. The Hall–Kier alpha value is -2.57. The molecule has 0 aliphatic carbocycles. The number of rotatable bonds is 3. The lowest BCUT2D eigenvalue weighted by Crippen LogP contribution is -2.33. The monoisotopic (exact) mass is 341 g/mol. The molecule has 1 fully saturated rings. The highest BCUT2D eigenvalue weighted by Crippen LogP contribution is 2.25. The summed E-state index contributed by atoms with van der Waals surface area (Å²) in [6.07, 6.45) is 1.68. The normalized spacial score (nSPS) is 17.6. The molecular formula is C19H17F2N3O. The van der Waals surface area contributed by atoms with E-state index in [1.54, 1.807) is 23.0 Å². The predicted molar refractivity (Wildman–Crippen MR) is 90.5 cm³/mol. The van der Waals surface area contributed by atoms with Crippen LogP contribution in [0.1, 0.15) is 11.7 Å². The maximum Gasteiger partial charge on any atom is 0.159 e. The molecule has 0 amide bonds. The van der Waals surface area contributed by atoms with E-state index >= 15 is 0 Å². The van der Waals surface area contributed by atoms with Crippen LogP contribution in [0, 0.1) is 11.6 Å². The molecule has 4 rings (SSSR count). The lowest BCUT2D eigenvalue weighted by molar-refractivity contribution is 0.0277. The van der Waals surface area contributed by atoms with E-state index in [0.29, 0.717) is 17.9 Å². The lowest BCUT2D eigenvalue weighted by Gasteiger charge is -2.24. The van der Waals surface area contributed by atoms with Crippen molar-refractivity contribution in [2.24, 2.45) is 0 Å². The van der Waals surface area contributed by atoms with Gasteiger partial charge < -0.3 is 10.1 Å². The Morgan fingerprint density at radius 1 is 1.04 bits per heavy atom. The van der Waals surface area contributed by atoms with Gasteiger partial charge in [0.15, 0.2) is 11.6 Å². The minimum Gasteiger partial charge on any atom is -0.371 e. The van der Waals surface area contributed by atoms with Gasteiger partial charge >= 0.3 is 0 Å². The molecule has 6 heteroatoms. The van der Waals surface area contributed by atoms with Crippen molar-refractivity contribution in [3.63, 3.8) is 0 Å². The van der Waals surface area contributed by atoms with E-state index in [1.807, 2.05) is 24.3 Å². The Morgan fingerprint density at radius 3 is 2.60 bits per heavy atom. The topological polar surface area (TPSA) is 39.1 Å². The number of hydrogen-bond donors (Lipinski definition) is 1. The first-order chi connectivity index (χ1) is 12.2. The molecule has 2 heterocycles. The molecule has 1 atom stereocenters. The largest absolute Gasteiger partial charge is 0.371 e. The van der Waals surface area contributed by atoms with Gasteiger partial charge in [-0.1, -0.05) is 12.1 Å². The summed E-state index contributed by atoms with van der Waals surface area (Å²) in [5.41, 5.74) is 3.21. The standard InChI is InChI=1S/C19H17F2N3O/c20-16-6-3-14(11-17(16)21)18-7-8-23-24(18)15-4-1-13(2-5-15)19-12-22-9-10-25-19/h1-8,11,19,22H,9-10,12H2. The molecule has 0 saturated carbocycles. The molecule has 1 N–H and O–H groups in total. The zero-order valence-electron chi connectivity index (χ0n) is 13.5. The van der Waals surface area contributed by atoms with E-state index in [4.69, 9.17) is 4.74 Å². The van der Waals surface area contributed by atoms with Crippen molar-refractivity contribution in [1.82, 2.24) is 15.1 Å². The molecule has 0 bridgehead atoms. The Morgan fingerprint density at radius 2 is 1.88 bits per heavy atom. The number of benzene rings is 2. The third-order valence-corrected chi connectivity index (χ3v) is 4.30. The van der Waals surface area contributed by atoms with Gasteiger partial charge in [0.1, 0.15) is 0 Å². The molecule has 128 valence electrons. The van der Waals surface area contributed by atoms with Crippen LogP contribution in [0.15, 0.2) is 54.7 Å². The van der Waals surface area contributed by atoms with Crippen molar-refractivity contribution in [3.05, 3.63) is 71.9 Å². The van der Waals surface area contributed by atoms with Crippen LogP contribution in [-0.4, -0.2) is 29.5 Å². The second-order valence-electron chi connectivity index (χ2n) is 5.91. The zero-order valence-corrected chi connectivity index (χ0v) is 13.5. The lowest BCUT2D eigenvalue weighted by atomic mass is 10.1. The average molecular weight is 341 g/mol. The fourth-order valence-electron chi connectivity index (χ4n) is 2.99. The van der Waals surface area contributed by atoms with E-state index < -0.39 is 11.6 Å². The van der Waals surface area contributed by atoms with E-state index in [1.165, 1.54) is 6.07 Å². The first-order valence-electron chi connectivity index (χ1n) is 8.14. The predicted octanol–water partition coefficient (Wildman–Crippen LogP) is 3.48. The molecule has 25 heavy (non-hydrogen) atoms. The fraction of sp³-hybridized carbons (Fsp3) is 0.211. The number of ether oxygens (including phenoxy) is 1. The summed E-state index contributed by atoms with van der Waals surface area (Å²) in [5, 5.41) is 7.62. The fourth-order valence-corrected chi connectivity index (χ4v) is 2.99. The minimum absolute atomic E-state index is 0.0473. The van der Waals surface area contributed by atoms with Crippen LogP contribution in [-0.2, 0) is 4.74 Å². The van der Waals surface area contributed by atoms with Crippen molar-refractivity contribution in [1.29, 1.82) is 0 Å². The molecule has 0 radical (unpaired) electrons. The zero-order chi connectivity index (χ0) is 17.2. The van der Waals surface area contributed by atoms with Crippen LogP contribution in [0.5, 0.6) is 0 Å². The number of morpholine rings is 1. The van der Waals surface area contributed by atoms with Gasteiger partial charge in [0.2, 0.25) is 0 Å². The second kappa shape index (κ2) is 6.74. The smallest absolute Gasteiger partial charge is 0.159 e. The van der Waals surface area contributed by atoms with Crippen LogP contribution in [0.4, 0.5) is 8.78 Å². The van der Waals surface area contributed by atoms with Gasteiger partial charge in [-0.3, -0.25) is 0 Å². The first kappa shape index (κ1) is 15.9. The summed E-state index contributed by atoms with van der Waals surface area (Å²) in [5.74, 6) is -1.73. The summed E-state index contributed by atoms with van der Waals surface area (Å²) >= 11 is 0. The Balaban J connectivity index is 1.64. The Labute approximate surface area is 144 Å². The van der Waals surface area contributed by atoms with Crippen molar-refractivity contribution in [2.75, 3.05) is 19.7 Å². The number of hydrogen-bond acceptors (Lipinski definition) is 3. The van der Waals surface area contributed by atoms with Gasteiger partial charge in [-0.2, -0.15) is 5.10 Å². The maximum absolute atomic E-state index is 13.5. The second-order valence-corrected chi connectivity index (χ2v) is 5.91. The Kier molecular flexibility index (Phi) is 4.29. The summed E-state index contributed by atoms with van der Waals surface area (Å²) in [4.78, 5) is 0. The van der Waals surface area contributed by atoms with E-state index in [9.17, 15) is 8.78 Å². The Bertz CT molecular complexity index is 871. The van der Waals surface area contributed by atoms with Crippen LogP contribution >= 0.6 is 0 Å². The maximum atomic E-state index is 13.5. The van der Waals surface area contributed by atoms with E-state index in [-0.39, 0.29) is 6.10 Å². The third kappa shape index (κ3) is 3.18. The van der Waals surface area contributed by atoms with Crippen molar-refractivity contribution in [2.45, 2.75) is 6.10 Å². The van der Waals surface area contributed by atoms with Crippen LogP contribution < -0.4 is 5.32 Å². The van der Waals surface area contributed by atoms with Crippen molar-refractivity contribution < 1.29 is 13.5 Å². The van der Waals surface area contributed by atoms with Gasteiger partial charge in [0.25, 0.3) is 0 Å². The van der Waals surface area contributed by atoms with Crippen molar-refractivity contribution >= 4 is 0 Å². The highest BCUT2D eigenvalue weighted by molar-refractivity contribution is 5.62. The molecule has 4 nitrogen and oxygen atoms in total. The number of aromatic nitrogens is 2. The van der Waals surface area contributed by atoms with Gasteiger partial charge in [-0.15, -0.1) is 0 Å². The summed E-state index contributed by atoms with van der Waals surface area (Å²) < 4.78 is 34.2. The summed E-state index contributed by atoms with van der Waals surface area (Å²) in [6.45, 7) is 2.37. The van der Waals surface area contributed by atoms with Crippen molar-refractivity contribution in [3.8, 4) is 16.9 Å². The molecule has 1 aliphatic rings. The minimum atomic E-state index is -0.873. The van der Waals surface area contributed by atoms with Gasteiger partial charge in [0.05, 0.1) is 30.3 Å². The van der Waals surface area contributed by atoms with Gasteiger partial charge in [0, 0.05) is 18.7 Å². The highest BCUT2D eigenvalue weighted by Gasteiger charge is 2.16. The molecule has 2 aromatic carbocycles. The summed E-state index contributed by atoms with van der Waals surface area (Å²) in [7, 11) is 0. The average Bonchev–Trinajstić information content (AvgIpc) is 3.15. The van der Waals surface area contributed by atoms with Crippen LogP contribution in [0.3, 0.4) is 0 Å². The first-order valence-corrected chi connectivity index (χ1v) is 8.14. The number of nitrogens with zero attached hydrogens (tertiary/aromatic N) is 2. The SMILES string of the molecule is Fc1ccc(-c2ccnn2-c2ccc(C3CNCCO3)cc2)cc1F. The van der Waals surface area contributed by atoms with E-state index in [2.05, 4.69) is 10.4 Å². The molecule has 1 unspecified atom stereocenters. The highest BCUT2D eigenvalue weighted by atomic mass is 19.2.